The number of rotatable bonds is 9. The van der Waals surface area contributed by atoms with Crippen molar-refractivity contribution in [1.82, 2.24) is 5.32 Å². The third kappa shape index (κ3) is 4.92. The summed E-state index contributed by atoms with van der Waals surface area (Å²) in [4.78, 5) is 0. The summed E-state index contributed by atoms with van der Waals surface area (Å²) in [6.45, 7) is 11.9. The average molecular weight is 277 g/mol. The second-order valence-corrected chi connectivity index (χ2v) is 6.08. The largest absolute Gasteiger partial charge is 0.383 e. The maximum atomic E-state index is 5.06. The van der Waals surface area contributed by atoms with Crippen LogP contribution < -0.4 is 5.32 Å². The van der Waals surface area contributed by atoms with Gasteiger partial charge in [0, 0.05) is 13.7 Å². The van der Waals surface area contributed by atoms with Gasteiger partial charge in [0.15, 0.2) is 0 Å². The Hall–Kier alpha value is -0.860. The van der Waals surface area contributed by atoms with Crippen molar-refractivity contribution in [1.29, 1.82) is 0 Å². The summed E-state index contributed by atoms with van der Waals surface area (Å²) in [6, 6.07) is 7.00. The van der Waals surface area contributed by atoms with Crippen LogP contribution in [0, 0.1) is 0 Å². The molecule has 0 heterocycles. The van der Waals surface area contributed by atoms with Crippen LogP contribution in [-0.4, -0.2) is 26.8 Å². The molecular formula is C18H31NO. The number of benzene rings is 1. The van der Waals surface area contributed by atoms with E-state index in [1.807, 2.05) is 0 Å². The van der Waals surface area contributed by atoms with Crippen LogP contribution in [0.2, 0.25) is 0 Å². The molecule has 0 atom stereocenters. The van der Waals surface area contributed by atoms with Crippen molar-refractivity contribution in [3.63, 3.8) is 0 Å². The van der Waals surface area contributed by atoms with E-state index in [0.717, 1.165) is 39.0 Å². The monoisotopic (exact) mass is 277 g/mol. The van der Waals surface area contributed by atoms with Crippen LogP contribution in [0.1, 0.15) is 50.8 Å². The second kappa shape index (κ2) is 8.43. The van der Waals surface area contributed by atoms with Gasteiger partial charge in [-0.05, 0) is 47.9 Å². The summed E-state index contributed by atoms with van der Waals surface area (Å²) in [5, 5.41) is 3.45. The van der Waals surface area contributed by atoms with Gasteiger partial charge in [-0.15, -0.1) is 0 Å². The Morgan fingerprint density at radius 3 is 2.45 bits per heavy atom. The van der Waals surface area contributed by atoms with Crippen molar-refractivity contribution in [3.05, 3.63) is 34.9 Å². The predicted molar refractivity (Wildman–Crippen MR) is 87.6 cm³/mol. The van der Waals surface area contributed by atoms with Gasteiger partial charge in [-0.3, -0.25) is 0 Å². The molecule has 1 N–H and O–H groups in total. The summed E-state index contributed by atoms with van der Waals surface area (Å²) in [5.74, 6) is 0. The number of methoxy groups -OCH3 is 1. The molecule has 0 saturated carbocycles. The molecule has 0 spiro atoms. The molecule has 2 nitrogen and oxygen atoms in total. The number of nitrogens with one attached hydrogen (secondary N) is 1. The van der Waals surface area contributed by atoms with Crippen molar-refractivity contribution in [2.75, 3.05) is 26.8 Å². The SMILES string of the molecule is CCc1ccc(CC)c(C(C)(C)CCNCCOC)c1. The van der Waals surface area contributed by atoms with Crippen LogP contribution in [0.5, 0.6) is 0 Å². The van der Waals surface area contributed by atoms with Gasteiger partial charge >= 0.3 is 0 Å². The maximum absolute atomic E-state index is 5.06. The van der Waals surface area contributed by atoms with E-state index < -0.39 is 0 Å². The van der Waals surface area contributed by atoms with E-state index in [-0.39, 0.29) is 5.41 Å². The van der Waals surface area contributed by atoms with Gasteiger partial charge in [0.1, 0.15) is 0 Å². The van der Waals surface area contributed by atoms with Gasteiger partial charge < -0.3 is 10.1 Å². The second-order valence-electron chi connectivity index (χ2n) is 6.08. The first-order valence-electron chi connectivity index (χ1n) is 7.87. The van der Waals surface area contributed by atoms with Gasteiger partial charge in [0.2, 0.25) is 0 Å². The van der Waals surface area contributed by atoms with E-state index in [4.69, 9.17) is 4.74 Å². The lowest BCUT2D eigenvalue weighted by Crippen LogP contribution is -2.28. The van der Waals surface area contributed by atoms with E-state index in [0.29, 0.717) is 0 Å². The molecule has 1 aromatic carbocycles. The van der Waals surface area contributed by atoms with Crippen molar-refractivity contribution >= 4 is 0 Å². The summed E-state index contributed by atoms with van der Waals surface area (Å²) >= 11 is 0. The van der Waals surface area contributed by atoms with Gasteiger partial charge in [0.25, 0.3) is 0 Å². The normalized spacial score (nSPS) is 11.8. The molecule has 0 fully saturated rings. The molecule has 0 aliphatic carbocycles. The maximum Gasteiger partial charge on any atom is 0.0587 e. The number of ether oxygens (including phenoxy) is 1. The van der Waals surface area contributed by atoms with Gasteiger partial charge in [-0.2, -0.15) is 0 Å². The Morgan fingerprint density at radius 1 is 1.10 bits per heavy atom. The Balaban J connectivity index is 2.74. The summed E-state index contributed by atoms with van der Waals surface area (Å²) in [5.41, 5.74) is 4.67. The molecule has 0 bridgehead atoms. The first-order valence-corrected chi connectivity index (χ1v) is 7.87. The third-order valence-corrected chi connectivity index (χ3v) is 4.10. The smallest absolute Gasteiger partial charge is 0.0587 e. The highest BCUT2D eigenvalue weighted by atomic mass is 16.5. The van der Waals surface area contributed by atoms with Crippen LogP contribution in [0.3, 0.4) is 0 Å². The zero-order chi connectivity index (χ0) is 15.0. The topological polar surface area (TPSA) is 21.3 Å². The van der Waals surface area contributed by atoms with E-state index >= 15 is 0 Å². The Labute approximate surface area is 124 Å². The highest BCUT2D eigenvalue weighted by Gasteiger charge is 2.22. The molecule has 0 aliphatic rings. The molecule has 0 aliphatic heterocycles. The van der Waals surface area contributed by atoms with E-state index in [1.165, 1.54) is 16.7 Å². The molecule has 0 unspecified atom stereocenters. The van der Waals surface area contributed by atoms with Crippen molar-refractivity contribution in [2.24, 2.45) is 0 Å². The number of hydrogen-bond donors (Lipinski definition) is 1. The fourth-order valence-electron chi connectivity index (χ4n) is 2.62. The Bertz CT molecular complexity index is 398. The van der Waals surface area contributed by atoms with Crippen molar-refractivity contribution in [3.8, 4) is 0 Å². The van der Waals surface area contributed by atoms with Gasteiger partial charge in [0.05, 0.1) is 6.61 Å². The van der Waals surface area contributed by atoms with Crippen LogP contribution >= 0.6 is 0 Å². The first-order chi connectivity index (χ1) is 9.55. The zero-order valence-corrected chi connectivity index (χ0v) is 13.9. The summed E-state index contributed by atoms with van der Waals surface area (Å²) in [7, 11) is 1.75. The lowest BCUT2D eigenvalue weighted by Gasteiger charge is -2.28. The van der Waals surface area contributed by atoms with Gasteiger partial charge in [-0.25, -0.2) is 0 Å². The van der Waals surface area contributed by atoms with Crippen LogP contribution in [0.25, 0.3) is 0 Å². The molecule has 114 valence electrons. The molecular weight excluding hydrogens is 246 g/mol. The van der Waals surface area contributed by atoms with Gasteiger partial charge in [-0.1, -0.05) is 45.9 Å². The summed E-state index contributed by atoms with van der Waals surface area (Å²) in [6.07, 6.45) is 3.37. The van der Waals surface area contributed by atoms with E-state index in [2.05, 4.69) is 51.2 Å². The predicted octanol–water partition coefficient (Wildman–Crippen LogP) is 3.72. The molecule has 0 radical (unpaired) electrons. The molecule has 20 heavy (non-hydrogen) atoms. The lowest BCUT2D eigenvalue weighted by molar-refractivity contribution is 0.198. The quantitative estimate of drug-likeness (QED) is 0.695. The van der Waals surface area contributed by atoms with Crippen LogP contribution in [0.15, 0.2) is 18.2 Å². The Kier molecular flexibility index (Phi) is 7.25. The molecule has 0 aromatic heterocycles. The average Bonchev–Trinajstić information content (AvgIpc) is 2.46. The van der Waals surface area contributed by atoms with Crippen molar-refractivity contribution < 1.29 is 4.74 Å². The van der Waals surface area contributed by atoms with E-state index in [1.54, 1.807) is 7.11 Å². The Morgan fingerprint density at radius 2 is 1.85 bits per heavy atom. The molecule has 0 saturated heterocycles. The third-order valence-electron chi connectivity index (χ3n) is 4.10. The summed E-state index contributed by atoms with van der Waals surface area (Å²) < 4.78 is 5.06. The number of hydrogen-bond acceptors (Lipinski definition) is 2. The molecule has 1 rings (SSSR count). The minimum absolute atomic E-state index is 0.219. The van der Waals surface area contributed by atoms with Crippen LogP contribution in [0.4, 0.5) is 0 Å². The molecule has 1 aromatic rings. The lowest BCUT2D eigenvalue weighted by atomic mass is 9.77. The first kappa shape index (κ1) is 17.2. The zero-order valence-electron chi connectivity index (χ0n) is 13.9. The van der Waals surface area contributed by atoms with Crippen LogP contribution in [-0.2, 0) is 23.0 Å². The minimum Gasteiger partial charge on any atom is -0.383 e. The molecule has 2 heteroatoms. The highest BCUT2D eigenvalue weighted by molar-refractivity contribution is 5.37. The fourth-order valence-corrected chi connectivity index (χ4v) is 2.62. The van der Waals surface area contributed by atoms with Crippen molar-refractivity contribution in [2.45, 2.75) is 52.4 Å². The highest BCUT2D eigenvalue weighted by Crippen LogP contribution is 2.31. The standard InChI is InChI=1S/C18H31NO/c1-6-15-8-9-16(7-2)17(14-15)18(3,4)10-11-19-12-13-20-5/h8-9,14,19H,6-7,10-13H2,1-5H3. The molecule has 0 amide bonds. The minimum atomic E-state index is 0.219. The van der Waals surface area contributed by atoms with E-state index in [9.17, 15) is 0 Å². The fraction of sp³-hybridized carbons (Fsp3) is 0.667. The number of aryl methyl sites for hydroxylation is 2.